The fourth-order valence-corrected chi connectivity index (χ4v) is 9.23. The summed E-state index contributed by atoms with van der Waals surface area (Å²) in [6.45, 7) is 30.8. The molecule has 0 unspecified atom stereocenters. The number of carbonyl (C=O) groups excluding carboxylic acids is 3. The minimum absolute atomic E-state index is 0.0396. The van der Waals surface area contributed by atoms with Gasteiger partial charge in [0.2, 0.25) is 11.6 Å². The number of ether oxygens (including phenoxy) is 7. The number of esters is 2. The number of hydrogen-bond acceptors (Lipinski definition) is 13. The SMILES string of the molecule is CO[C@](C)(C[C@@H](C)CN(C(=O)OC(C)(C)C)[C@H](CN=[N+]=[N-])CO[Si](C)(C)C(C)(C)C)[C@H](O[C@]1(C)O[C@H](C)C[C@H](N(C)C)[C@H]1OC(=O)c1ccccc1)[C@@H](C)C1=C(C)C(=O)OC(C)(C)O1. The van der Waals surface area contributed by atoms with E-state index in [1.54, 1.807) is 84.7 Å². The summed E-state index contributed by atoms with van der Waals surface area (Å²) in [7, 11) is 3.13. The Morgan fingerprint density at radius 2 is 1.64 bits per heavy atom. The average Bonchev–Trinajstić information content (AvgIpc) is 3.17. The van der Waals surface area contributed by atoms with E-state index < -0.39 is 73.3 Å². The predicted molar refractivity (Wildman–Crippen MR) is 248 cm³/mol. The summed E-state index contributed by atoms with van der Waals surface area (Å²) < 4.78 is 51.6. The average molecular weight is 918 g/mol. The van der Waals surface area contributed by atoms with Crippen molar-refractivity contribution in [2.45, 2.75) is 181 Å². The van der Waals surface area contributed by atoms with Crippen molar-refractivity contribution >= 4 is 26.3 Å². The first-order valence-electron chi connectivity index (χ1n) is 22.4. The van der Waals surface area contributed by atoms with E-state index in [4.69, 9.17) is 37.6 Å². The van der Waals surface area contributed by atoms with Gasteiger partial charge in [-0.1, -0.05) is 57.9 Å². The topological polar surface area (TPSA) is 180 Å². The molecule has 0 spiro atoms. The highest BCUT2D eigenvalue weighted by Gasteiger charge is 2.56. The molecule has 1 amide bonds. The molecule has 0 radical (unpaired) electrons. The second kappa shape index (κ2) is 21.3. The van der Waals surface area contributed by atoms with Crippen LogP contribution >= 0.6 is 0 Å². The van der Waals surface area contributed by atoms with E-state index in [-0.39, 0.29) is 54.8 Å². The lowest BCUT2D eigenvalue weighted by molar-refractivity contribution is -0.355. The molecule has 0 bridgehead atoms. The zero-order chi connectivity index (χ0) is 48.8. The molecule has 9 atom stereocenters. The number of nitrogens with zero attached hydrogens (tertiary/aromatic N) is 5. The molecule has 2 aliphatic rings. The third-order valence-electron chi connectivity index (χ3n) is 12.6. The van der Waals surface area contributed by atoms with Gasteiger partial charge in [0.25, 0.3) is 0 Å². The number of amides is 1. The van der Waals surface area contributed by atoms with Crippen molar-refractivity contribution < 1.29 is 52.0 Å². The van der Waals surface area contributed by atoms with Gasteiger partial charge in [-0.05, 0) is 117 Å². The van der Waals surface area contributed by atoms with Crippen molar-refractivity contribution in [1.82, 2.24) is 9.80 Å². The number of benzene rings is 1. The molecule has 0 aliphatic carbocycles. The first-order chi connectivity index (χ1) is 29.3. The van der Waals surface area contributed by atoms with E-state index >= 15 is 0 Å². The molecule has 0 N–H and O–H groups in total. The van der Waals surface area contributed by atoms with Gasteiger partial charge in [-0.15, -0.1) is 0 Å². The molecule has 17 heteroatoms. The third kappa shape index (κ3) is 14.2. The summed E-state index contributed by atoms with van der Waals surface area (Å²) in [5.41, 5.74) is 8.08. The number of likely N-dealkylation sites (N-methyl/N-ethyl adjacent to an activating group) is 1. The maximum atomic E-state index is 14.2. The van der Waals surface area contributed by atoms with Crippen LogP contribution in [0.2, 0.25) is 18.1 Å². The molecular weight excluding hydrogens is 839 g/mol. The lowest BCUT2D eigenvalue weighted by Gasteiger charge is -2.53. The smallest absolute Gasteiger partial charge is 0.410 e. The molecule has 3 rings (SSSR count). The molecular formula is C47H79N5O11Si. The van der Waals surface area contributed by atoms with Gasteiger partial charge in [0, 0.05) is 44.9 Å². The van der Waals surface area contributed by atoms with Crippen LogP contribution in [-0.4, -0.2) is 130 Å². The van der Waals surface area contributed by atoms with Crippen LogP contribution in [0.1, 0.15) is 120 Å². The maximum Gasteiger partial charge on any atom is 0.410 e. The predicted octanol–water partition coefficient (Wildman–Crippen LogP) is 9.64. The largest absolute Gasteiger partial charge is 0.456 e. The molecule has 2 heterocycles. The van der Waals surface area contributed by atoms with Gasteiger partial charge in [0.05, 0.1) is 47.6 Å². The minimum Gasteiger partial charge on any atom is -0.456 e. The Hall–Kier alpha value is -3.70. The fourth-order valence-electron chi connectivity index (χ4n) is 8.18. The first kappa shape index (κ1) is 54.6. The molecule has 64 heavy (non-hydrogen) atoms. The fraction of sp³-hybridized carbons (Fsp3) is 0.766. The van der Waals surface area contributed by atoms with Crippen LogP contribution in [0.3, 0.4) is 0 Å². The van der Waals surface area contributed by atoms with Gasteiger partial charge < -0.3 is 47.4 Å². The molecule has 1 aromatic rings. The van der Waals surface area contributed by atoms with E-state index in [1.165, 1.54) is 0 Å². The van der Waals surface area contributed by atoms with E-state index in [2.05, 4.69) is 43.9 Å². The Labute approximate surface area is 383 Å². The van der Waals surface area contributed by atoms with E-state index in [1.807, 2.05) is 52.8 Å². The number of azide groups is 1. The Kier molecular flexibility index (Phi) is 18.2. The molecule has 1 aromatic carbocycles. The van der Waals surface area contributed by atoms with Gasteiger partial charge in [0.15, 0.2) is 14.4 Å². The van der Waals surface area contributed by atoms with Crippen molar-refractivity contribution in [3.8, 4) is 0 Å². The first-order valence-corrected chi connectivity index (χ1v) is 25.3. The van der Waals surface area contributed by atoms with E-state index in [0.717, 1.165) is 0 Å². The quantitative estimate of drug-likeness (QED) is 0.0321. The lowest BCUT2D eigenvalue weighted by Crippen LogP contribution is -2.65. The second-order valence-corrected chi connectivity index (χ2v) is 26.0. The Bertz CT molecular complexity index is 1840. The highest BCUT2D eigenvalue weighted by Crippen LogP contribution is 2.44. The summed E-state index contributed by atoms with van der Waals surface area (Å²) in [6, 6.07) is 7.78. The maximum absolute atomic E-state index is 14.2. The normalized spacial score (nSPS) is 24.6. The monoisotopic (exact) mass is 918 g/mol. The zero-order valence-electron chi connectivity index (χ0n) is 42.2. The minimum atomic E-state index is -2.31. The summed E-state index contributed by atoms with van der Waals surface area (Å²) >= 11 is 0. The van der Waals surface area contributed by atoms with Crippen LogP contribution in [0, 0.1) is 11.8 Å². The molecule has 0 saturated carbocycles. The summed E-state index contributed by atoms with van der Waals surface area (Å²) in [5, 5.41) is 3.80. The standard InChI is InChI=1S/C47H79N5O11Si/c1-30(28-52(42(55)63-43(5,6)7)35(27-49-50-48)29-57-64(18,19)44(8,9)10)26-46(13,56-17)38(32(3)37-33(4)40(53)62-45(11,12)60-37)61-47(14)39(36(51(15)16)25-31(2)59-47)58-41(54)34-23-21-20-22-24-34/h20-24,30-32,35-36,38-39H,25-29H2,1-19H3/t30-,31-,32+,35-,36+,38-,39-,46-,47+/m1/s1. The van der Waals surface area contributed by atoms with Crippen LogP contribution in [0.15, 0.2) is 46.8 Å². The molecule has 1 saturated heterocycles. The van der Waals surface area contributed by atoms with Gasteiger partial charge in [-0.25, -0.2) is 14.4 Å². The summed E-state index contributed by atoms with van der Waals surface area (Å²) in [6.07, 6.45) is -1.96. The van der Waals surface area contributed by atoms with Gasteiger partial charge in [0.1, 0.15) is 11.4 Å². The molecule has 1 fully saturated rings. The number of cyclic esters (lactones) is 1. The van der Waals surface area contributed by atoms with E-state index in [0.29, 0.717) is 17.7 Å². The van der Waals surface area contributed by atoms with Crippen molar-refractivity contribution in [1.29, 1.82) is 0 Å². The van der Waals surface area contributed by atoms with Crippen LogP contribution in [0.25, 0.3) is 10.4 Å². The Morgan fingerprint density at radius 1 is 1.03 bits per heavy atom. The molecule has 0 aromatic heterocycles. The van der Waals surface area contributed by atoms with Crippen molar-refractivity contribution in [3.05, 3.63) is 57.7 Å². The summed E-state index contributed by atoms with van der Waals surface area (Å²) in [5.74, 6) is -4.56. The van der Waals surface area contributed by atoms with Crippen LogP contribution in [-0.2, 0) is 42.4 Å². The van der Waals surface area contributed by atoms with Crippen molar-refractivity contribution in [2.24, 2.45) is 17.0 Å². The van der Waals surface area contributed by atoms with Crippen LogP contribution in [0.5, 0.6) is 0 Å². The zero-order valence-corrected chi connectivity index (χ0v) is 43.2. The highest BCUT2D eigenvalue weighted by atomic mass is 28.4. The van der Waals surface area contributed by atoms with E-state index in [9.17, 15) is 19.9 Å². The second-order valence-electron chi connectivity index (χ2n) is 21.2. The number of rotatable bonds is 19. The molecule has 16 nitrogen and oxygen atoms in total. The van der Waals surface area contributed by atoms with Gasteiger partial charge in [-0.3, -0.25) is 0 Å². The highest BCUT2D eigenvalue weighted by molar-refractivity contribution is 6.74. The van der Waals surface area contributed by atoms with Crippen molar-refractivity contribution in [3.63, 3.8) is 0 Å². The molecule has 2 aliphatic heterocycles. The lowest BCUT2D eigenvalue weighted by atomic mass is 9.80. The van der Waals surface area contributed by atoms with Crippen LogP contribution < -0.4 is 0 Å². The van der Waals surface area contributed by atoms with Gasteiger partial charge in [-0.2, -0.15) is 0 Å². The van der Waals surface area contributed by atoms with Gasteiger partial charge >= 0.3 is 18.0 Å². The number of carbonyl (C=O) groups is 3. The number of methoxy groups -OCH3 is 1. The third-order valence-corrected chi connectivity index (χ3v) is 17.1. The summed E-state index contributed by atoms with van der Waals surface area (Å²) in [4.78, 5) is 48.1. The Morgan fingerprint density at radius 3 is 2.17 bits per heavy atom. The Balaban J connectivity index is 2.20. The molecule has 362 valence electrons. The van der Waals surface area contributed by atoms with Crippen LogP contribution in [0.4, 0.5) is 4.79 Å². The van der Waals surface area contributed by atoms with Crippen molar-refractivity contribution in [2.75, 3.05) is 40.9 Å². The number of hydrogen-bond donors (Lipinski definition) is 0.